The summed E-state index contributed by atoms with van der Waals surface area (Å²) in [5.74, 6) is -0.421. The Labute approximate surface area is 149 Å². The minimum Gasteiger partial charge on any atom is -0.380 e. The molecule has 0 aliphatic heterocycles. The molecule has 5 heteroatoms. The van der Waals surface area contributed by atoms with E-state index in [0.29, 0.717) is 12.2 Å². The van der Waals surface area contributed by atoms with Crippen molar-refractivity contribution in [3.05, 3.63) is 69.9 Å². The zero-order chi connectivity index (χ0) is 17.4. The van der Waals surface area contributed by atoms with Crippen LogP contribution < -0.4 is 5.73 Å². The summed E-state index contributed by atoms with van der Waals surface area (Å²) in [5.41, 5.74) is 9.22. The van der Waals surface area contributed by atoms with E-state index < -0.39 is 5.91 Å². The fourth-order valence-electron chi connectivity index (χ4n) is 3.28. The zero-order valence-electron chi connectivity index (χ0n) is 13.8. The van der Waals surface area contributed by atoms with Gasteiger partial charge >= 0.3 is 0 Å². The number of primary amides is 1. The molecule has 0 saturated carbocycles. The second kappa shape index (κ2) is 6.35. The van der Waals surface area contributed by atoms with Gasteiger partial charge in [0.05, 0.1) is 24.2 Å². The maximum absolute atomic E-state index is 11.9. The van der Waals surface area contributed by atoms with Gasteiger partial charge < -0.3 is 15.0 Å². The summed E-state index contributed by atoms with van der Waals surface area (Å²) in [6.07, 6.45) is 0. The molecule has 2 aromatic heterocycles. The van der Waals surface area contributed by atoms with Gasteiger partial charge in [0, 0.05) is 28.3 Å². The van der Waals surface area contributed by atoms with Gasteiger partial charge in [-0.15, -0.1) is 11.3 Å². The summed E-state index contributed by atoms with van der Waals surface area (Å²) in [6.45, 7) is 1.26. The Hall–Kier alpha value is -2.63. The van der Waals surface area contributed by atoms with Gasteiger partial charge in [-0.2, -0.15) is 0 Å². The number of hydrogen-bond acceptors (Lipinski definition) is 3. The molecule has 1 radical (unpaired) electrons. The molecule has 0 aliphatic rings. The molecule has 0 aliphatic carbocycles. The number of benzene rings is 2. The number of rotatable bonds is 5. The lowest BCUT2D eigenvalue weighted by Crippen LogP contribution is -2.11. The van der Waals surface area contributed by atoms with Gasteiger partial charge in [-0.3, -0.25) is 4.79 Å². The number of nitrogens with zero attached hydrogens (tertiary/aromatic N) is 1. The number of carbonyl (C=O) groups is 1. The molecule has 0 unspecified atom stereocenters. The van der Waals surface area contributed by atoms with Crippen molar-refractivity contribution in [2.75, 3.05) is 7.11 Å². The molecule has 0 atom stereocenters. The number of ether oxygens (including phenoxy) is 1. The number of aromatic nitrogens is 1. The summed E-state index contributed by atoms with van der Waals surface area (Å²) >= 11 is 1.72. The van der Waals surface area contributed by atoms with Crippen LogP contribution in [0.25, 0.3) is 21.8 Å². The Bertz CT molecular complexity index is 1060. The monoisotopic (exact) mass is 349 g/mol. The van der Waals surface area contributed by atoms with E-state index in [0.717, 1.165) is 33.9 Å². The van der Waals surface area contributed by atoms with Crippen LogP contribution in [-0.2, 0) is 17.9 Å². The van der Waals surface area contributed by atoms with Crippen LogP contribution in [0.2, 0.25) is 0 Å². The first kappa shape index (κ1) is 15.9. The molecule has 25 heavy (non-hydrogen) atoms. The van der Waals surface area contributed by atoms with Crippen LogP contribution in [0.4, 0.5) is 0 Å². The molecular formula is C20H17N2O2S. The number of carbonyl (C=O) groups excluding carboxylic acids is 1. The lowest BCUT2D eigenvalue weighted by atomic mass is 10.0. The molecular weight excluding hydrogens is 332 g/mol. The molecule has 2 aromatic carbocycles. The number of methoxy groups -OCH3 is 1. The molecule has 2 heterocycles. The molecule has 0 spiro atoms. The molecule has 0 bridgehead atoms. The quantitative estimate of drug-likeness (QED) is 0.593. The highest BCUT2D eigenvalue weighted by Gasteiger charge is 2.17. The maximum atomic E-state index is 11.9. The molecule has 1 amide bonds. The SMILES string of the molecule is COCc1c[c]c2c3c(C(N)=O)cccc3n(Cc3cccs3)c2c1. The van der Waals surface area contributed by atoms with Crippen molar-refractivity contribution < 1.29 is 9.53 Å². The Morgan fingerprint density at radius 2 is 2.16 bits per heavy atom. The van der Waals surface area contributed by atoms with Gasteiger partial charge in [-0.05, 0) is 47.3 Å². The molecule has 125 valence electrons. The molecule has 2 N–H and O–H groups in total. The summed E-state index contributed by atoms with van der Waals surface area (Å²) < 4.78 is 7.48. The number of thiophene rings is 1. The van der Waals surface area contributed by atoms with E-state index in [1.54, 1.807) is 24.5 Å². The third-order valence-corrected chi connectivity index (χ3v) is 5.19. The summed E-state index contributed by atoms with van der Waals surface area (Å²) in [4.78, 5) is 13.2. The highest BCUT2D eigenvalue weighted by molar-refractivity contribution is 7.09. The van der Waals surface area contributed by atoms with Crippen molar-refractivity contribution in [1.29, 1.82) is 0 Å². The number of amides is 1. The Kier molecular flexibility index (Phi) is 4.03. The maximum Gasteiger partial charge on any atom is 0.249 e. The van der Waals surface area contributed by atoms with E-state index in [4.69, 9.17) is 10.5 Å². The fourth-order valence-corrected chi connectivity index (χ4v) is 3.98. The van der Waals surface area contributed by atoms with Crippen molar-refractivity contribution in [1.82, 2.24) is 4.57 Å². The Balaban J connectivity index is 2.05. The average Bonchev–Trinajstić information content (AvgIpc) is 3.22. The number of hydrogen-bond donors (Lipinski definition) is 1. The Morgan fingerprint density at radius 3 is 2.88 bits per heavy atom. The van der Waals surface area contributed by atoms with Gasteiger partial charge in [0.2, 0.25) is 5.91 Å². The first-order valence-corrected chi connectivity index (χ1v) is 8.83. The number of fused-ring (bicyclic) bond motifs is 3. The van der Waals surface area contributed by atoms with Crippen LogP contribution in [-0.4, -0.2) is 17.6 Å². The fraction of sp³-hybridized carbons (Fsp3) is 0.150. The van der Waals surface area contributed by atoms with E-state index >= 15 is 0 Å². The van der Waals surface area contributed by atoms with Gasteiger partial charge in [0.25, 0.3) is 0 Å². The minimum atomic E-state index is -0.421. The van der Waals surface area contributed by atoms with Gasteiger partial charge in [0.1, 0.15) is 0 Å². The van der Waals surface area contributed by atoms with E-state index in [1.165, 1.54) is 4.88 Å². The molecule has 4 rings (SSSR count). The smallest absolute Gasteiger partial charge is 0.249 e. The third-order valence-electron chi connectivity index (χ3n) is 4.32. The normalized spacial score (nSPS) is 11.4. The minimum absolute atomic E-state index is 0.421. The highest BCUT2D eigenvalue weighted by Crippen LogP contribution is 2.33. The second-order valence-corrected chi connectivity index (χ2v) is 6.96. The standard InChI is InChI=1S/C20H17N2O2S/c1-24-12-13-7-8-15-18(10-13)22(11-14-4-3-9-25-14)17-6-2-5-16(19(15)17)20(21)23/h2-7,9-10H,11-12H2,1H3,(H2,21,23). The topological polar surface area (TPSA) is 57.2 Å². The van der Waals surface area contributed by atoms with E-state index in [-0.39, 0.29) is 0 Å². The second-order valence-electron chi connectivity index (χ2n) is 5.93. The van der Waals surface area contributed by atoms with Crippen molar-refractivity contribution in [3.63, 3.8) is 0 Å². The van der Waals surface area contributed by atoms with E-state index in [9.17, 15) is 4.79 Å². The predicted octanol–water partition coefficient (Wildman–Crippen LogP) is 3.95. The van der Waals surface area contributed by atoms with Crippen LogP contribution in [0.5, 0.6) is 0 Å². The van der Waals surface area contributed by atoms with Crippen molar-refractivity contribution in [3.8, 4) is 0 Å². The van der Waals surface area contributed by atoms with Gasteiger partial charge in [-0.1, -0.05) is 12.1 Å². The van der Waals surface area contributed by atoms with Crippen LogP contribution in [0.1, 0.15) is 20.8 Å². The lowest BCUT2D eigenvalue weighted by molar-refractivity contribution is 0.100. The molecule has 0 saturated heterocycles. The summed E-state index contributed by atoms with van der Waals surface area (Å²) in [6, 6.07) is 17.2. The molecule has 4 nitrogen and oxygen atoms in total. The lowest BCUT2D eigenvalue weighted by Gasteiger charge is -2.07. The summed E-state index contributed by atoms with van der Waals surface area (Å²) in [5, 5.41) is 3.85. The van der Waals surface area contributed by atoms with E-state index in [2.05, 4.69) is 28.1 Å². The van der Waals surface area contributed by atoms with Crippen molar-refractivity contribution >= 4 is 39.0 Å². The number of nitrogens with two attached hydrogens (primary N) is 1. The van der Waals surface area contributed by atoms with Gasteiger partial charge in [0.15, 0.2) is 0 Å². The van der Waals surface area contributed by atoms with Crippen molar-refractivity contribution in [2.24, 2.45) is 5.73 Å². The average molecular weight is 349 g/mol. The van der Waals surface area contributed by atoms with Crippen molar-refractivity contribution in [2.45, 2.75) is 13.2 Å². The first-order chi connectivity index (χ1) is 12.2. The van der Waals surface area contributed by atoms with Crippen LogP contribution >= 0.6 is 11.3 Å². The highest BCUT2D eigenvalue weighted by atomic mass is 32.1. The molecule has 4 aromatic rings. The third kappa shape index (κ3) is 2.71. The van der Waals surface area contributed by atoms with Crippen LogP contribution in [0, 0.1) is 6.07 Å². The summed E-state index contributed by atoms with van der Waals surface area (Å²) in [7, 11) is 1.68. The van der Waals surface area contributed by atoms with Gasteiger partial charge in [-0.25, -0.2) is 0 Å². The Morgan fingerprint density at radius 1 is 1.28 bits per heavy atom. The molecule has 0 fully saturated rings. The van der Waals surface area contributed by atoms with Crippen LogP contribution in [0.3, 0.4) is 0 Å². The first-order valence-electron chi connectivity index (χ1n) is 7.95. The van der Waals surface area contributed by atoms with E-state index in [1.807, 2.05) is 24.3 Å². The predicted molar refractivity (Wildman–Crippen MR) is 101 cm³/mol. The van der Waals surface area contributed by atoms with Crippen LogP contribution in [0.15, 0.2) is 47.8 Å². The largest absolute Gasteiger partial charge is 0.380 e. The zero-order valence-corrected chi connectivity index (χ0v) is 14.6.